The van der Waals surface area contributed by atoms with Crippen LogP contribution in [0.15, 0.2) is 23.0 Å². The molecule has 0 aliphatic rings. The summed E-state index contributed by atoms with van der Waals surface area (Å²) >= 11 is 0. The van der Waals surface area contributed by atoms with Crippen LogP contribution in [0.2, 0.25) is 0 Å². The van der Waals surface area contributed by atoms with Crippen LogP contribution in [0.5, 0.6) is 0 Å². The Bertz CT molecular complexity index is 143. The van der Waals surface area contributed by atoms with Crippen LogP contribution in [0.3, 0.4) is 0 Å². The van der Waals surface area contributed by atoms with Gasteiger partial charge < -0.3 is 0 Å². The Morgan fingerprint density at radius 2 is 2.09 bits per heavy atom. The summed E-state index contributed by atoms with van der Waals surface area (Å²) in [6, 6.07) is 1.72. The average Bonchev–Trinajstić information content (AvgIpc) is 2.10. The molecule has 0 bridgehead atoms. The number of nitrogens with one attached hydrogen (secondary N) is 1. The summed E-state index contributed by atoms with van der Waals surface area (Å²) in [5.74, 6) is 0. The van der Waals surface area contributed by atoms with Gasteiger partial charge in [-0.2, -0.15) is 0 Å². The number of hydrogen-bond donors (Lipinski definition) is 1. The van der Waals surface area contributed by atoms with Crippen molar-refractivity contribution >= 4 is 27.3 Å². The van der Waals surface area contributed by atoms with E-state index in [0.717, 1.165) is 0 Å². The second-order valence-corrected chi connectivity index (χ2v) is 3.45. The van der Waals surface area contributed by atoms with E-state index in [-0.39, 0.29) is 0 Å². The highest BCUT2D eigenvalue weighted by molar-refractivity contribution is 7.46. The Morgan fingerprint density at radius 3 is 2.18 bits per heavy atom. The van der Waals surface area contributed by atoms with Gasteiger partial charge in [0.1, 0.15) is 0 Å². The highest BCUT2D eigenvalue weighted by atomic mass is 31.1. The topological polar surface area (TPSA) is 63.1 Å². The Kier molecular flexibility index (Phi) is 9.87. The van der Waals surface area contributed by atoms with E-state index in [1.54, 1.807) is 18.5 Å². The van der Waals surface area contributed by atoms with Gasteiger partial charge >= 0.3 is 0 Å². The Balaban J connectivity index is 0.000000187. The van der Waals surface area contributed by atoms with Crippen molar-refractivity contribution < 1.29 is 0 Å². The van der Waals surface area contributed by atoms with Crippen molar-refractivity contribution in [3.05, 3.63) is 18.5 Å². The van der Waals surface area contributed by atoms with Crippen molar-refractivity contribution in [2.45, 2.75) is 0 Å². The number of nitrogens with zero attached hydrogens (tertiary/aromatic N) is 4. The van der Waals surface area contributed by atoms with Crippen LogP contribution in [0.25, 0.3) is 0 Å². The second-order valence-electron chi connectivity index (χ2n) is 1.18. The molecule has 1 aromatic heterocycles. The number of aromatic nitrogens is 3. The standard InChI is InChI=1S/C3H3N3.H5N2P3/c1-2-4-6-5-3-1;3-1-5-2-4/h1-3H;1,4-5H,3H2. The van der Waals surface area contributed by atoms with Gasteiger partial charge in [0.05, 0.1) is 21.3 Å². The smallest absolute Gasteiger partial charge is 0.0795 e. The summed E-state index contributed by atoms with van der Waals surface area (Å²) in [7, 11) is 5.70. The van der Waals surface area contributed by atoms with E-state index < -0.39 is 0 Å². The molecule has 0 amide bonds. The minimum absolute atomic E-state index is 0.449. The molecular weight excluding hydrogens is 199 g/mol. The Morgan fingerprint density at radius 1 is 1.45 bits per heavy atom. The minimum Gasteiger partial charge on any atom is -0.263 e. The molecule has 11 heavy (non-hydrogen) atoms. The lowest BCUT2D eigenvalue weighted by Crippen LogP contribution is -1.78. The van der Waals surface area contributed by atoms with Crippen LogP contribution in [-0.2, 0) is 0 Å². The lowest BCUT2D eigenvalue weighted by Gasteiger charge is -1.78. The maximum absolute atomic E-state index is 3.56. The molecule has 0 saturated heterocycles. The second kappa shape index (κ2) is 9.93. The van der Waals surface area contributed by atoms with Crippen LogP contribution >= 0.6 is 27.3 Å². The molecule has 0 spiro atoms. The van der Waals surface area contributed by atoms with E-state index in [1.165, 1.54) is 0 Å². The first-order valence-corrected chi connectivity index (χ1v) is 4.54. The van der Waals surface area contributed by atoms with Gasteiger partial charge in [0.25, 0.3) is 0 Å². The monoisotopic (exact) mass is 207 g/mol. The van der Waals surface area contributed by atoms with Crippen molar-refractivity contribution in [3.8, 4) is 0 Å². The third-order valence-electron chi connectivity index (χ3n) is 0.529. The maximum atomic E-state index is 3.56. The molecule has 0 aliphatic carbocycles. The SMILES string of the molecule is P=NPNP.c1cnnnc1. The van der Waals surface area contributed by atoms with Gasteiger partial charge in [-0.25, -0.2) is 4.52 Å². The molecule has 60 valence electrons. The lowest BCUT2D eigenvalue weighted by atomic mass is 10.7. The quantitative estimate of drug-likeness (QED) is 0.736. The zero-order valence-electron chi connectivity index (χ0n) is 5.60. The Hall–Kier alpha value is -0.0700. The average molecular weight is 207 g/mol. The molecule has 0 aliphatic heterocycles. The molecule has 2 unspecified atom stereocenters. The molecule has 0 radical (unpaired) electrons. The summed E-state index contributed by atoms with van der Waals surface area (Å²) in [6.07, 6.45) is 3.15. The molecule has 2 atom stereocenters. The third-order valence-corrected chi connectivity index (χ3v) is 1.49. The molecule has 5 nitrogen and oxygen atoms in total. The van der Waals surface area contributed by atoms with E-state index in [9.17, 15) is 0 Å². The van der Waals surface area contributed by atoms with Gasteiger partial charge in [-0.1, -0.05) is 9.39 Å². The lowest BCUT2D eigenvalue weighted by molar-refractivity contribution is 0.865. The molecule has 0 aromatic carbocycles. The van der Waals surface area contributed by atoms with Gasteiger partial charge in [-0.05, 0) is 20.3 Å². The fourth-order valence-corrected chi connectivity index (χ4v) is 1.08. The minimum atomic E-state index is 0.449. The van der Waals surface area contributed by atoms with Crippen LogP contribution in [0.1, 0.15) is 0 Å². The van der Waals surface area contributed by atoms with Gasteiger partial charge in [0.2, 0.25) is 0 Å². The van der Waals surface area contributed by atoms with Crippen molar-refractivity contribution in [3.63, 3.8) is 0 Å². The van der Waals surface area contributed by atoms with E-state index in [4.69, 9.17) is 0 Å². The highest BCUT2D eigenvalue weighted by Crippen LogP contribution is 2.06. The summed E-state index contributed by atoms with van der Waals surface area (Å²) in [5, 5.41) is 10.1. The Labute approximate surface area is 71.2 Å². The predicted molar refractivity (Wildman–Crippen MR) is 51.7 cm³/mol. The molecule has 1 N–H and O–H groups in total. The molecular formula is C3H8N5P3. The van der Waals surface area contributed by atoms with Crippen molar-refractivity contribution in [2.24, 2.45) is 4.52 Å². The first kappa shape index (κ1) is 10.9. The number of rotatable bonds is 2. The molecule has 1 heterocycles. The molecule has 1 rings (SSSR count). The van der Waals surface area contributed by atoms with Crippen LogP contribution in [-0.4, -0.2) is 15.4 Å². The summed E-state index contributed by atoms with van der Waals surface area (Å²) < 4.78 is 3.56. The number of hydrogen-bond acceptors (Lipinski definition) is 5. The summed E-state index contributed by atoms with van der Waals surface area (Å²) in [6.45, 7) is 0. The van der Waals surface area contributed by atoms with Gasteiger partial charge in [-0.15, -0.1) is 10.2 Å². The zero-order chi connectivity index (χ0) is 8.36. The van der Waals surface area contributed by atoms with E-state index in [2.05, 4.69) is 43.2 Å². The van der Waals surface area contributed by atoms with Crippen LogP contribution < -0.4 is 4.86 Å². The zero-order valence-corrected chi connectivity index (χ0v) is 8.75. The van der Waals surface area contributed by atoms with Crippen molar-refractivity contribution in [1.29, 1.82) is 0 Å². The van der Waals surface area contributed by atoms with E-state index in [0.29, 0.717) is 8.88 Å². The molecule has 1 aromatic rings. The molecule has 0 fully saturated rings. The van der Waals surface area contributed by atoms with Crippen LogP contribution in [0.4, 0.5) is 0 Å². The first-order chi connectivity index (χ1) is 5.41. The van der Waals surface area contributed by atoms with E-state index >= 15 is 0 Å². The van der Waals surface area contributed by atoms with Crippen molar-refractivity contribution in [1.82, 2.24) is 20.3 Å². The van der Waals surface area contributed by atoms with Gasteiger partial charge in [-0.3, -0.25) is 4.86 Å². The maximum Gasteiger partial charge on any atom is 0.0795 e. The third kappa shape index (κ3) is 9.93. The molecule has 0 saturated carbocycles. The highest BCUT2D eigenvalue weighted by Gasteiger charge is 1.60. The fraction of sp³-hybridized carbons (Fsp3) is 0. The largest absolute Gasteiger partial charge is 0.263 e. The van der Waals surface area contributed by atoms with Gasteiger partial charge in [0.15, 0.2) is 0 Å². The molecule has 8 heteroatoms. The summed E-state index contributed by atoms with van der Waals surface area (Å²) in [4.78, 5) is 2.75. The summed E-state index contributed by atoms with van der Waals surface area (Å²) in [5.41, 5.74) is 0. The first-order valence-electron chi connectivity index (χ1n) is 2.57. The van der Waals surface area contributed by atoms with E-state index in [1.807, 2.05) is 0 Å². The normalized spacial score (nSPS) is 8.82. The predicted octanol–water partition coefficient (Wildman–Crippen LogP) is 1.07. The van der Waals surface area contributed by atoms with Crippen molar-refractivity contribution in [2.75, 3.05) is 0 Å². The van der Waals surface area contributed by atoms with Crippen LogP contribution in [0, 0.1) is 0 Å². The fourth-order valence-electron chi connectivity index (χ4n) is 0.237. The van der Waals surface area contributed by atoms with Gasteiger partial charge in [0, 0.05) is 0 Å².